The van der Waals surface area contributed by atoms with Crippen molar-refractivity contribution in [3.8, 4) is 28.2 Å². The Morgan fingerprint density at radius 1 is 0.153 bits per heavy atom. The van der Waals surface area contributed by atoms with Crippen molar-refractivity contribution in [2.45, 2.75) is 19.3 Å². The van der Waals surface area contributed by atoms with Gasteiger partial charge in [-0.1, -0.05) is 376 Å². The van der Waals surface area contributed by atoms with Crippen molar-refractivity contribution in [2.75, 3.05) is 16.0 Å². The molecule has 0 saturated carbocycles. The molecule has 0 spiro atoms. The summed E-state index contributed by atoms with van der Waals surface area (Å²) in [4.78, 5) is 0. The van der Waals surface area contributed by atoms with E-state index in [4.69, 9.17) is 0 Å². The van der Waals surface area contributed by atoms with Crippen molar-refractivity contribution in [1.29, 1.82) is 0 Å². The van der Waals surface area contributed by atoms with E-state index in [1.54, 1.807) is 0 Å². The fourth-order valence-electron chi connectivity index (χ4n) is 19.8. The number of thiophene rings is 3. The Morgan fingerprint density at radius 3 is 0.972 bits per heavy atom. The zero-order valence-electron chi connectivity index (χ0n) is 79.2. The van der Waals surface area contributed by atoms with Gasteiger partial charge in [-0.15, -0.1) is 34.0 Å². The quantitative estimate of drug-likeness (QED) is 0.0904. The molecule has 0 fully saturated rings. The second kappa shape index (κ2) is 42.2. The lowest BCUT2D eigenvalue weighted by atomic mass is 9.98. The smallest absolute Gasteiger partial charge is 0.0590 e. The summed E-state index contributed by atoms with van der Waals surface area (Å²) in [5.74, 6) is 0. The first-order valence-electron chi connectivity index (χ1n) is 49.0. The first kappa shape index (κ1) is 90.2. The molecule has 22 aromatic carbocycles. The zero-order chi connectivity index (χ0) is 96.1. The fourth-order valence-corrected chi connectivity index (χ4v) is 23.3. The first-order valence-corrected chi connectivity index (χ1v) is 51.5. The van der Waals surface area contributed by atoms with Gasteiger partial charge in [-0.3, -0.25) is 0 Å². The van der Waals surface area contributed by atoms with Gasteiger partial charge in [0.25, 0.3) is 0 Å². The number of rotatable bonds is 16. The Kier molecular flexibility index (Phi) is 26.4. The van der Waals surface area contributed by atoms with E-state index in [0.29, 0.717) is 0 Å². The molecule has 3 N–H and O–H groups in total. The Labute approximate surface area is 849 Å². The molecule has 9 heteroatoms. The van der Waals surface area contributed by atoms with Crippen molar-refractivity contribution in [2.24, 2.45) is 0 Å². The maximum atomic E-state index is 3.52. The van der Waals surface area contributed by atoms with Crippen LogP contribution in [0.25, 0.3) is 154 Å². The summed E-state index contributed by atoms with van der Waals surface area (Å²) < 4.78 is 15.2. The standard InChI is InChI=1S/C31H23N.C25H19N.C24H18N2.C19H14S.2C18H13NS/c1-3-10-23(11-4-1)20-24-12-9-13-25(21-24)26-18-19-31-29(22-26)28-16-7-8-17-30(28)32(31)27-14-5-2-6-15-27;1-3-9-19(10-4-1)17-20-15-16-23-22-13-7-8-14-24(22)26(25(23)18-20)21-11-5-2-6-12-21;1-3-9-18(10-4-1)25-19-15-16-24-22(17-19)21-13-7-8-14-23(21)26(24)20-11-5-2-6-12-20;1-2-6-14(7-3-1)12-15-10-11-17-16-8-4-5-9-18(16)20-19(17)13-15;1-2-7-13(8-3-1)19-16-11-6-10-15-14-9-4-5-12-17(14)20-18(15)16;1-2-6-13(7-3-1)19-14-10-11-18-16(12-14)15-8-4-5-9-17(15)20-18/h1-19,21-22H,20H2;1-16,18H,17H2;1-17,25H;1-11,13H,12H2;2*1-12,19H. The second-order valence-electron chi connectivity index (χ2n) is 36.1. The topological polar surface area (TPSA) is 50.9 Å². The van der Waals surface area contributed by atoms with Gasteiger partial charge in [0.2, 0.25) is 0 Å². The van der Waals surface area contributed by atoms with Crippen molar-refractivity contribution in [3.05, 3.63) is 585 Å². The van der Waals surface area contributed by atoms with Gasteiger partial charge >= 0.3 is 0 Å². The molecule has 144 heavy (non-hydrogen) atoms. The summed E-state index contributed by atoms with van der Waals surface area (Å²) >= 11 is 5.58. The molecule has 6 nitrogen and oxygen atoms in total. The Morgan fingerprint density at radius 2 is 0.465 bits per heavy atom. The molecule has 0 unspecified atom stereocenters. The van der Waals surface area contributed by atoms with Crippen LogP contribution in [0, 0.1) is 0 Å². The van der Waals surface area contributed by atoms with Crippen LogP contribution in [0.5, 0.6) is 0 Å². The van der Waals surface area contributed by atoms with Crippen LogP contribution in [-0.2, 0) is 19.3 Å². The molecule has 0 saturated heterocycles. The van der Waals surface area contributed by atoms with E-state index in [-0.39, 0.29) is 0 Å². The molecule has 688 valence electrons. The summed E-state index contributed by atoms with van der Waals surface area (Å²) in [6, 6.07) is 196. The number of hydrogen-bond donors (Lipinski definition) is 3. The van der Waals surface area contributed by atoms with Crippen LogP contribution in [-0.4, -0.2) is 13.7 Å². The van der Waals surface area contributed by atoms with Crippen LogP contribution in [0.2, 0.25) is 0 Å². The summed E-state index contributed by atoms with van der Waals surface area (Å²) in [5, 5.41) is 26.3. The third kappa shape index (κ3) is 19.8. The molecule has 0 aliphatic rings. The van der Waals surface area contributed by atoms with Gasteiger partial charge in [0.05, 0.1) is 43.5 Å². The molecule has 0 atom stereocenters. The van der Waals surface area contributed by atoms with E-state index in [0.717, 1.165) is 47.7 Å². The lowest BCUT2D eigenvalue weighted by molar-refractivity contribution is 1.16. The molecule has 0 bridgehead atoms. The van der Waals surface area contributed by atoms with Gasteiger partial charge in [-0.25, -0.2) is 0 Å². The number of para-hydroxylation sites is 9. The maximum absolute atomic E-state index is 3.52. The average molecular weight is 1900 g/mol. The van der Waals surface area contributed by atoms with Gasteiger partial charge in [-0.2, -0.15) is 0 Å². The molecule has 6 heterocycles. The van der Waals surface area contributed by atoms with Crippen LogP contribution in [0.1, 0.15) is 33.4 Å². The summed E-state index contributed by atoms with van der Waals surface area (Å²) in [7, 11) is 0. The van der Waals surface area contributed by atoms with Crippen molar-refractivity contribution < 1.29 is 0 Å². The SMILES string of the molecule is c1ccc(Cc2ccc3c(c2)sc2ccccc23)cc1.c1ccc(Cc2ccc3c4ccccc4n(-c4ccccc4)c3c2)cc1.c1ccc(Cc2cccc(-c3ccc4c(c3)c3ccccc3n4-c3ccccc3)c2)cc1.c1ccc(Nc2ccc3c(c2)c2ccccc2n3-c2ccccc2)cc1.c1ccc(Nc2ccc3sc4ccccc4c3c2)cc1.c1ccc(Nc2cccc3c2sc2ccccc23)cc1. The van der Waals surface area contributed by atoms with Crippen LogP contribution in [0.15, 0.2) is 552 Å². The molecular formula is C135H100N6S3. The van der Waals surface area contributed by atoms with Gasteiger partial charge in [0.1, 0.15) is 0 Å². The molecule has 0 radical (unpaired) electrons. The molecule has 0 aliphatic carbocycles. The Hall–Kier alpha value is -17.7. The van der Waals surface area contributed by atoms with Crippen LogP contribution < -0.4 is 16.0 Å². The van der Waals surface area contributed by atoms with Crippen LogP contribution >= 0.6 is 34.0 Å². The van der Waals surface area contributed by atoms with E-state index >= 15 is 0 Å². The maximum Gasteiger partial charge on any atom is 0.0590 e. The van der Waals surface area contributed by atoms with E-state index in [9.17, 15) is 0 Å². The molecule has 28 rings (SSSR count). The van der Waals surface area contributed by atoms with Crippen LogP contribution in [0.4, 0.5) is 34.1 Å². The van der Waals surface area contributed by atoms with Gasteiger partial charge < -0.3 is 29.7 Å². The third-order valence-electron chi connectivity index (χ3n) is 26.5. The monoisotopic (exact) mass is 1900 g/mol. The number of aromatic nitrogens is 3. The molecule has 6 aromatic heterocycles. The minimum absolute atomic E-state index is 0.949. The fraction of sp³-hybridized carbons (Fsp3) is 0.0222. The van der Waals surface area contributed by atoms with Crippen LogP contribution in [0.3, 0.4) is 0 Å². The number of nitrogens with zero attached hydrogens (tertiary/aromatic N) is 3. The molecule has 0 aliphatic heterocycles. The number of hydrogen-bond acceptors (Lipinski definition) is 6. The predicted molar refractivity (Wildman–Crippen MR) is 623 cm³/mol. The molecule has 0 amide bonds. The Bertz CT molecular complexity index is 9280. The number of anilines is 6. The Balaban J connectivity index is 0.0000000965. The van der Waals surface area contributed by atoms with Gasteiger partial charge in [0.15, 0.2) is 0 Å². The molecular weight excluding hydrogens is 1800 g/mol. The van der Waals surface area contributed by atoms with E-state index < -0.39 is 0 Å². The summed E-state index contributed by atoms with van der Waals surface area (Å²) in [6.45, 7) is 0. The van der Waals surface area contributed by atoms with Gasteiger partial charge in [-0.05, 0) is 240 Å². The van der Waals surface area contributed by atoms with E-state index in [1.807, 2.05) is 88.6 Å². The third-order valence-corrected chi connectivity index (χ3v) is 30.0. The molecule has 28 aromatic rings. The highest BCUT2D eigenvalue weighted by molar-refractivity contribution is 7.27. The lowest BCUT2D eigenvalue weighted by Gasteiger charge is -2.09. The predicted octanol–water partition coefficient (Wildman–Crippen LogP) is 38.2. The average Bonchev–Trinajstić information content (AvgIpc) is 1.60. The van der Waals surface area contributed by atoms with E-state index in [1.165, 1.54) is 193 Å². The minimum atomic E-state index is 0.949. The highest BCUT2D eigenvalue weighted by atomic mass is 32.1. The largest absolute Gasteiger partial charge is 0.356 e. The summed E-state index contributed by atoms with van der Waals surface area (Å²) in [6.07, 6.45) is 2.91. The second-order valence-corrected chi connectivity index (χ2v) is 39.3. The zero-order valence-corrected chi connectivity index (χ0v) is 81.7. The first-order chi connectivity index (χ1) is 71.4. The van der Waals surface area contributed by atoms with Gasteiger partial charge in [0, 0.05) is 134 Å². The van der Waals surface area contributed by atoms with Crippen molar-refractivity contribution in [1.82, 2.24) is 13.7 Å². The minimum Gasteiger partial charge on any atom is -0.356 e. The summed E-state index contributed by atoms with van der Waals surface area (Å²) in [5.41, 5.74) is 28.4. The highest BCUT2D eigenvalue weighted by Gasteiger charge is 2.19. The van der Waals surface area contributed by atoms with Crippen molar-refractivity contribution in [3.63, 3.8) is 0 Å². The van der Waals surface area contributed by atoms with Crippen molar-refractivity contribution >= 4 is 194 Å². The van der Waals surface area contributed by atoms with E-state index in [2.05, 4.69) is 527 Å². The number of nitrogens with one attached hydrogen (secondary N) is 3. The normalized spacial score (nSPS) is 11.1. The lowest BCUT2D eigenvalue weighted by Crippen LogP contribution is -1.94. The highest BCUT2D eigenvalue weighted by Crippen LogP contribution is 2.44. The number of benzene rings is 22. The number of fused-ring (bicyclic) bond motifs is 18.